The number of aryl methyl sites for hydroxylation is 1. The molecule has 20 heavy (non-hydrogen) atoms. The molecule has 1 aromatic carbocycles. The summed E-state index contributed by atoms with van der Waals surface area (Å²) in [6.45, 7) is 1.52. The first-order valence-electron chi connectivity index (χ1n) is 5.19. The molecule has 0 fully saturated rings. The van der Waals surface area contributed by atoms with Gasteiger partial charge in [0.2, 0.25) is 0 Å². The summed E-state index contributed by atoms with van der Waals surface area (Å²) in [6.07, 6.45) is 0. The smallest absolute Gasteiger partial charge is 0.273 e. The number of aromatic nitrogens is 1. The second-order valence-electron chi connectivity index (χ2n) is 3.75. The van der Waals surface area contributed by atoms with E-state index in [1.165, 1.54) is 13.0 Å². The van der Waals surface area contributed by atoms with Crippen LogP contribution in [0.3, 0.4) is 0 Å². The average molecular weight is 332 g/mol. The molecule has 0 saturated heterocycles. The molecule has 0 aliphatic rings. The molecule has 0 aliphatic carbocycles. The first kappa shape index (κ1) is 14.7. The van der Waals surface area contributed by atoms with Gasteiger partial charge in [0.15, 0.2) is 8.68 Å². The number of nitriles is 1. The van der Waals surface area contributed by atoms with E-state index in [2.05, 4.69) is 9.71 Å². The maximum Gasteiger partial charge on any atom is 0.273 e. The zero-order valence-corrected chi connectivity index (χ0v) is 12.4. The summed E-state index contributed by atoms with van der Waals surface area (Å²) in [5, 5.41) is 8.71. The lowest BCUT2D eigenvalue weighted by Gasteiger charge is -2.07. The molecule has 0 unspecified atom stereocenters. The number of thiazole rings is 1. The molecule has 0 bridgehead atoms. The number of halogens is 2. The third-order valence-corrected chi connectivity index (χ3v) is 5.56. The van der Waals surface area contributed by atoms with Crippen LogP contribution >= 0.6 is 22.9 Å². The van der Waals surface area contributed by atoms with Gasteiger partial charge in [0.05, 0.1) is 16.9 Å². The topological polar surface area (TPSA) is 82.8 Å². The lowest BCUT2D eigenvalue weighted by molar-refractivity contribution is 0.602. The zero-order valence-electron chi connectivity index (χ0n) is 10.0. The number of hydrogen-bond donors (Lipinski definition) is 1. The van der Waals surface area contributed by atoms with E-state index in [4.69, 9.17) is 16.9 Å². The van der Waals surface area contributed by atoms with E-state index in [9.17, 15) is 12.8 Å². The number of anilines is 1. The third kappa shape index (κ3) is 2.90. The first-order valence-corrected chi connectivity index (χ1v) is 7.86. The van der Waals surface area contributed by atoms with Crippen molar-refractivity contribution in [3.8, 4) is 6.07 Å². The monoisotopic (exact) mass is 331 g/mol. The summed E-state index contributed by atoms with van der Waals surface area (Å²) in [5.74, 6) is -0.715. The molecule has 0 radical (unpaired) electrons. The molecule has 2 rings (SSSR count). The molecule has 0 spiro atoms. The van der Waals surface area contributed by atoms with Crippen molar-refractivity contribution < 1.29 is 12.8 Å². The number of benzene rings is 1. The molecule has 0 atom stereocenters. The lowest BCUT2D eigenvalue weighted by Crippen LogP contribution is -2.12. The van der Waals surface area contributed by atoms with Crippen molar-refractivity contribution in [3.63, 3.8) is 0 Å². The Kier molecular flexibility index (Phi) is 3.94. The number of nitrogens with zero attached hydrogens (tertiary/aromatic N) is 2. The number of hydrogen-bond acceptors (Lipinski definition) is 5. The number of sulfonamides is 1. The molecule has 1 N–H and O–H groups in total. The van der Waals surface area contributed by atoms with Crippen LogP contribution in [0.2, 0.25) is 4.47 Å². The summed E-state index contributed by atoms with van der Waals surface area (Å²) in [4.78, 5) is 3.82. The maximum absolute atomic E-state index is 13.2. The minimum atomic E-state index is -3.87. The standard InChI is InChI=1S/C11H7ClFN3O2S2/c1-6-10(19-11(12)15-6)20(17,18)16-8-2-3-9(13)7(4-8)5-14/h2-4,16H,1H3. The molecule has 1 aromatic heterocycles. The van der Waals surface area contributed by atoms with E-state index >= 15 is 0 Å². The number of rotatable bonds is 3. The predicted molar refractivity (Wildman–Crippen MR) is 73.8 cm³/mol. The fourth-order valence-electron chi connectivity index (χ4n) is 1.48. The Labute approximate surface area is 123 Å². The Bertz CT molecular complexity index is 812. The molecular weight excluding hydrogens is 325 g/mol. The molecular formula is C11H7ClFN3O2S2. The Balaban J connectivity index is 2.39. The molecule has 1 heterocycles. The molecule has 2 aromatic rings. The Hall–Kier alpha value is -1.69. The molecule has 0 amide bonds. The van der Waals surface area contributed by atoms with Crippen LogP contribution in [-0.2, 0) is 10.0 Å². The van der Waals surface area contributed by atoms with Crippen LogP contribution in [0.25, 0.3) is 0 Å². The molecule has 0 aliphatic heterocycles. The predicted octanol–water partition coefficient (Wildman–Crippen LogP) is 2.92. The van der Waals surface area contributed by atoms with Gasteiger partial charge < -0.3 is 0 Å². The minimum Gasteiger partial charge on any atom is -0.279 e. The molecule has 0 saturated carbocycles. The van der Waals surface area contributed by atoms with Crippen molar-refractivity contribution in [3.05, 3.63) is 39.7 Å². The van der Waals surface area contributed by atoms with Crippen molar-refractivity contribution in [2.75, 3.05) is 4.72 Å². The fourth-order valence-corrected chi connectivity index (χ4v) is 4.27. The molecule has 9 heteroatoms. The highest BCUT2D eigenvalue weighted by Crippen LogP contribution is 2.28. The minimum absolute atomic E-state index is 0.0228. The Morgan fingerprint density at radius 1 is 1.50 bits per heavy atom. The summed E-state index contributed by atoms with van der Waals surface area (Å²) in [5.41, 5.74) is 0.117. The fraction of sp³-hybridized carbons (Fsp3) is 0.0909. The van der Waals surface area contributed by atoms with Crippen LogP contribution in [0.1, 0.15) is 11.3 Å². The van der Waals surface area contributed by atoms with Gasteiger partial charge in [-0.3, -0.25) is 4.72 Å². The SMILES string of the molecule is Cc1nc(Cl)sc1S(=O)(=O)Nc1ccc(F)c(C#N)c1. The normalized spacial score (nSPS) is 11.1. The van der Waals surface area contributed by atoms with E-state index < -0.39 is 15.8 Å². The Morgan fingerprint density at radius 3 is 2.75 bits per heavy atom. The maximum atomic E-state index is 13.2. The van der Waals surface area contributed by atoms with E-state index in [0.717, 1.165) is 23.5 Å². The van der Waals surface area contributed by atoms with Gasteiger partial charge >= 0.3 is 0 Å². The van der Waals surface area contributed by atoms with Gasteiger partial charge in [0.25, 0.3) is 10.0 Å². The molecule has 104 valence electrons. The van der Waals surface area contributed by atoms with Crippen LogP contribution in [0.15, 0.2) is 22.4 Å². The highest BCUT2D eigenvalue weighted by molar-refractivity contribution is 7.94. The van der Waals surface area contributed by atoms with Gasteiger partial charge in [-0.25, -0.2) is 17.8 Å². The van der Waals surface area contributed by atoms with Crippen LogP contribution in [0.5, 0.6) is 0 Å². The summed E-state index contributed by atoms with van der Waals surface area (Å²) < 4.78 is 39.8. The Morgan fingerprint density at radius 2 is 2.20 bits per heavy atom. The second-order valence-corrected chi connectivity index (χ2v) is 7.21. The van der Waals surface area contributed by atoms with Crippen LogP contribution in [-0.4, -0.2) is 13.4 Å². The summed E-state index contributed by atoms with van der Waals surface area (Å²) in [6, 6.07) is 5.00. The zero-order chi connectivity index (χ0) is 14.9. The van der Waals surface area contributed by atoms with E-state index in [-0.39, 0.29) is 25.6 Å². The lowest BCUT2D eigenvalue weighted by atomic mass is 10.2. The van der Waals surface area contributed by atoms with Crippen molar-refractivity contribution in [2.24, 2.45) is 0 Å². The first-order chi connectivity index (χ1) is 9.33. The highest BCUT2D eigenvalue weighted by atomic mass is 35.5. The quantitative estimate of drug-likeness (QED) is 0.937. The van der Waals surface area contributed by atoms with E-state index in [0.29, 0.717) is 0 Å². The van der Waals surface area contributed by atoms with Crippen molar-refractivity contribution in [2.45, 2.75) is 11.1 Å². The van der Waals surface area contributed by atoms with Crippen molar-refractivity contribution in [1.29, 1.82) is 5.26 Å². The van der Waals surface area contributed by atoms with Gasteiger partial charge in [0, 0.05) is 0 Å². The van der Waals surface area contributed by atoms with E-state index in [1.807, 2.05) is 0 Å². The van der Waals surface area contributed by atoms with E-state index in [1.54, 1.807) is 6.07 Å². The second kappa shape index (κ2) is 5.36. The summed E-state index contributed by atoms with van der Waals surface area (Å²) in [7, 11) is -3.87. The van der Waals surface area contributed by atoms with Crippen LogP contribution < -0.4 is 4.72 Å². The largest absolute Gasteiger partial charge is 0.279 e. The van der Waals surface area contributed by atoms with Crippen molar-refractivity contribution >= 4 is 38.6 Å². The summed E-state index contributed by atoms with van der Waals surface area (Å²) >= 11 is 6.48. The highest BCUT2D eigenvalue weighted by Gasteiger charge is 2.21. The van der Waals surface area contributed by atoms with Gasteiger partial charge in [-0.05, 0) is 25.1 Å². The average Bonchev–Trinajstić information content (AvgIpc) is 2.71. The van der Waals surface area contributed by atoms with Gasteiger partial charge in [-0.2, -0.15) is 5.26 Å². The van der Waals surface area contributed by atoms with Crippen LogP contribution in [0.4, 0.5) is 10.1 Å². The van der Waals surface area contributed by atoms with Crippen molar-refractivity contribution in [1.82, 2.24) is 4.98 Å². The van der Waals surface area contributed by atoms with Gasteiger partial charge in [-0.1, -0.05) is 22.9 Å². The molecule has 5 nitrogen and oxygen atoms in total. The van der Waals surface area contributed by atoms with Gasteiger partial charge in [0.1, 0.15) is 11.9 Å². The third-order valence-electron chi connectivity index (χ3n) is 2.31. The van der Waals surface area contributed by atoms with Gasteiger partial charge in [-0.15, -0.1) is 0 Å². The number of nitrogens with one attached hydrogen (secondary N) is 1. The van der Waals surface area contributed by atoms with Crippen LogP contribution in [0, 0.1) is 24.1 Å².